The monoisotopic (exact) mass is 298 g/mol. The first kappa shape index (κ1) is 16.5. The van der Waals surface area contributed by atoms with Gasteiger partial charge < -0.3 is 15.7 Å². The lowest BCUT2D eigenvalue weighted by Gasteiger charge is -2.14. The summed E-state index contributed by atoms with van der Waals surface area (Å²) in [6.45, 7) is 4.03. The van der Waals surface area contributed by atoms with Gasteiger partial charge in [0.2, 0.25) is 0 Å². The minimum Gasteiger partial charge on any atom is -0.393 e. The van der Waals surface area contributed by atoms with Gasteiger partial charge in [0, 0.05) is 17.3 Å². The van der Waals surface area contributed by atoms with Crippen molar-refractivity contribution in [2.75, 3.05) is 11.9 Å². The van der Waals surface area contributed by atoms with Crippen LogP contribution in [0.2, 0.25) is 5.02 Å². The fraction of sp³-hybridized carbons (Fsp3) is 0.429. The second kappa shape index (κ2) is 7.87. The fourth-order valence-corrected chi connectivity index (χ4v) is 1.69. The number of hydrogen-bond donors (Lipinski definition) is 3. The Balaban J connectivity index is 2.38. The molecule has 0 aliphatic carbocycles. The number of aliphatic hydroxyl groups excluding tert-OH is 1. The van der Waals surface area contributed by atoms with Gasteiger partial charge in [-0.1, -0.05) is 31.5 Å². The zero-order valence-corrected chi connectivity index (χ0v) is 12.3. The maximum absolute atomic E-state index is 11.6. The van der Waals surface area contributed by atoms with Crippen LogP contribution in [-0.2, 0) is 9.59 Å². The third-order valence-electron chi connectivity index (χ3n) is 2.78. The molecular formula is C14H19ClN2O3. The van der Waals surface area contributed by atoms with Gasteiger partial charge in [0.25, 0.3) is 0 Å². The second-order valence-electron chi connectivity index (χ2n) is 4.82. The van der Waals surface area contributed by atoms with Gasteiger partial charge in [-0.3, -0.25) is 9.59 Å². The summed E-state index contributed by atoms with van der Waals surface area (Å²) in [5, 5.41) is 15.0. The number of benzene rings is 1. The Morgan fingerprint density at radius 2 is 2.00 bits per heavy atom. The average Bonchev–Trinajstić information content (AvgIpc) is 2.38. The largest absolute Gasteiger partial charge is 0.393 e. The molecule has 0 aliphatic heterocycles. The molecule has 0 saturated heterocycles. The van der Waals surface area contributed by atoms with Crippen molar-refractivity contribution in [3.63, 3.8) is 0 Å². The van der Waals surface area contributed by atoms with E-state index in [0.717, 1.165) is 0 Å². The van der Waals surface area contributed by atoms with Gasteiger partial charge in [-0.05, 0) is 30.5 Å². The molecule has 1 atom stereocenters. The molecule has 0 aromatic heterocycles. The number of aliphatic hydroxyl groups is 1. The van der Waals surface area contributed by atoms with Crippen molar-refractivity contribution in [3.05, 3.63) is 29.3 Å². The molecule has 1 unspecified atom stereocenters. The first-order valence-electron chi connectivity index (χ1n) is 6.43. The Morgan fingerprint density at radius 1 is 1.30 bits per heavy atom. The molecule has 3 N–H and O–H groups in total. The zero-order valence-electron chi connectivity index (χ0n) is 11.5. The Kier molecular flexibility index (Phi) is 6.48. The van der Waals surface area contributed by atoms with E-state index in [1.165, 1.54) is 0 Å². The van der Waals surface area contributed by atoms with Crippen molar-refractivity contribution in [1.82, 2.24) is 5.32 Å². The van der Waals surface area contributed by atoms with E-state index in [-0.39, 0.29) is 12.5 Å². The number of hydrogen-bond acceptors (Lipinski definition) is 3. The molecule has 0 bridgehead atoms. The van der Waals surface area contributed by atoms with Crippen LogP contribution in [0.3, 0.4) is 0 Å². The molecule has 0 spiro atoms. The van der Waals surface area contributed by atoms with E-state index >= 15 is 0 Å². The SMILES string of the molecule is CC(C)C(O)CCNC(=O)C(=O)Nc1cccc(Cl)c1. The van der Waals surface area contributed by atoms with Crippen LogP contribution in [0.1, 0.15) is 20.3 Å². The molecule has 110 valence electrons. The molecular weight excluding hydrogens is 280 g/mol. The van der Waals surface area contributed by atoms with Gasteiger partial charge in [-0.2, -0.15) is 0 Å². The number of anilines is 1. The van der Waals surface area contributed by atoms with Crippen molar-refractivity contribution in [2.45, 2.75) is 26.4 Å². The van der Waals surface area contributed by atoms with Crippen molar-refractivity contribution < 1.29 is 14.7 Å². The summed E-state index contributed by atoms with van der Waals surface area (Å²) in [6.07, 6.45) is -0.0836. The molecule has 1 aromatic rings. The lowest BCUT2D eigenvalue weighted by Crippen LogP contribution is -2.37. The summed E-state index contributed by atoms with van der Waals surface area (Å²) in [5.41, 5.74) is 0.458. The topological polar surface area (TPSA) is 78.4 Å². The van der Waals surface area contributed by atoms with Gasteiger partial charge in [0.15, 0.2) is 0 Å². The van der Waals surface area contributed by atoms with Crippen molar-refractivity contribution in [1.29, 1.82) is 0 Å². The van der Waals surface area contributed by atoms with Crippen LogP contribution in [0.4, 0.5) is 5.69 Å². The fourth-order valence-electron chi connectivity index (χ4n) is 1.50. The van der Waals surface area contributed by atoms with Crippen molar-refractivity contribution in [3.8, 4) is 0 Å². The lowest BCUT2D eigenvalue weighted by atomic mass is 10.0. The Bertz CT molecular complexity index is 477. The first-order valence-corrected chi connectivity index (χ1v) is 6.80. The minimum atomic E-state index is -0.758. The normalized spacial score (nSPS) is 12.1. The van der Waals surface area contributed by atoms with E-state index in [4.69, 9.17) is 11.6 Å². The third kappa shape index (κ3) is 5.59. The summed E-state index contributed by atoms with van der Waals surface area (Å²) < 4.78 is 0. The molecule has 0 aliphatic rings. The molecule has 5 nitrogen and oxygen atoms in total. The maximum atomic E-state index is 11.6. The van der Waals surface area contributed by atoms with Crippen LogP contribution < -0.4 is 10.6 Å². The standard InChI is InChI=1S/C14H19ClN2O3/c1-9(2)12(18)6-7-16-13(19)14(20)17-11-5-3-4-10(15)8-11/h3-5,8-9,12,18H,6-7H2,1-2H3,(H,16,19)(H,17,20). The predicted octanol–water partition coefficient (Wildman–Crippen LogP) is 1.80. The van der Waals surface area contributed by atoms with Crippen molar-refractivity contribution >= 4 is 29.1 Å². The van der Waals surface area contributed by atoms with E-state index in [2.05, 4.69) is 10.6 Å². The van der Waals surface area contributed by atoms with Crippen molar-refractivity contribution in [2.24, 2.45) is 5.92 Å². The summed E-state index contributed by atoms with van der Waals surface area (Å²) >= 11 is 5.78. The van der Waals surface area contributed by atoms with Crippen LogP contribution >= 0.6 is 11.6 Å². The average molecular weight is 299 g/mol. The molecule has 20 heavy (non-hydrogen) atoms. The predicted molar refractivity (Wildman–Crippen MR) is 78.6 cm³/mol. The third-order valence-corrected chi connectivity index (χ3v) is 3.02. The van der Waals surface area contributed by atoms with Gasteiger partial charge in [-0.25, -0.2) is 0 Å². The number of carbonyl (C=O) groups excluding carboxylic acids is 2. The smallest absolute Gasteiger partial charge is 0.313 e. The van der Waals surface area contributed by atoms with E-state index in [9.17, 15) is 14.7 Å². The molecule has 6 heteroatoms. The molecule has 2 amide bonds. The highest BCUT2D eigenvalue weighted by atomic mass is 35.5. The van der Waals surface area contributed by atoms with Gasteiger partial charge in [0.1, 0.15) is 0 Å². The van der Waals surface area contributed by atoms with E-state index in [0.29, 0.717) is 17.1 Å². The number of nitrogens with one attached hydrogen (secondary N) is 2. The van der Waals surface area contributed by atoms with Crippen LogP contribution in [0, 0.1) is 5.92 Å². The first-order chi connectivity index (χ1) is 9.40. The molecule has 1 rings (SSSR count). The lowest BCUT2D eigenvalue weighted by molar-refractivity contribution is -0.136. The molecule has 0 heterocycles. The minimum absolute atomic E-state index is 0.118. The van der Waals surface area contributed by atoms with E-state index < -0.39 is 17.9 Å². The molecule has 0 fully saturated rings. The summed E-state index contributed by atoms with van der Waals surface area (Å²) in [6, 6.07) is 6.54. The second-order valence-corrected chi connectivity index (χ2v) is 5.26. The number of halogens is 1. The Hall–Kier alpha value is -1.59. The zero-order chi connectivity index (χ0) is 15.1. The van der Waals surface area contributed by atoms with Crippen LogP contribution in [0.25, 0.3) is 0 Å². The van der Waals surface area contributed by atoms with Gasteiger partial charge in [0.05, 0.1) is 6.10 Å². The Labute approximate surface area is 123 Å². The quantitative estimate of drug-likeness (QED) is 0.725. The highest BCUT2D eigenvalue weighted by molar-refractivity contribution is 6.39. The molecule has 1 aromatic carbocycles. The highest BCUT2D eigenvalue weighted by Crippen LogP contribution is 2.14. The molecule has 0 saturated carbocycles. The number of amides is 2. The van der Waals surface area contributed by atoms with Gasteiger partial charge >= 0.3 is 11.8 Å². The summed E-state index contributed by atoms with van der Waals surface area (Å²) in [7, 11) is 0. The van der Waals surface area contributed by atoms with E-state index in [1.54, 1.807) is 24.3 Å². The van der Waals surface area contributed by atoms with Crippen LogP contribution in [0.15, 0.2) is 24.3 Å². The molecule has 0 radical (unpaired) electrons. The van der Waals surface area contributed by atoms with Crippen LogP contribution in [0.5, 0.6) is 0 Å². The highest BCUT2D eigenvalue weighted by Gasteiger charge is 2.15. The maximum Gasteiger partial charge on any atom is 0.313 e. The van der Waals surface area contributed by atoms with Crippen LogP contribution in [-0.4, -0.2) is 29.6 Å². The number of rotatable bonds is 5. The van der Waals surface area contributed by atoms with E-state index in [1.807, 2.05) is 13.8 Å². The summed E-state index contributed by atoms with van der Waals surface area (Å²) in [4.78, 5) is 23.2. The Morgan fingerprint density at radius 3 is 2.60 bits per heavy atom. The van der Waals surface area contributed by atoms with Gasteiger partial charge in [-0.15, -0.1) is 0 Å². The summed E-state index contributed by atoms with van der Waals surface area (Å²) in [5.74, 6) is -1.38. The number of carbonyl (C=O) groups is 2.